The molecule has 134 valence electrons. The smallest absolute Gasteiger partial charge is 0.408 e. The number of anilines is 3. The number of hydrogen-bond donors (Lipinski definition) is 3. The minimum absolute atomic E-state index is 0.447. The first-order chi connectivity index (χ1) is 13.2. The lowest BCUT2D eigenvalue weighted by atomic mass is 10.0. The maximum Gasteiger partial charge on any atom is 0.417 e. The van der Waals surface area contributed by atoms with E-state index < -0.39 is 5.76 Å². The van der Waals surface area contributed by atoms with Gasteiger partial charge in [0.1, 0.15) is 0 Å². The van der Waals surface area contributed by atoms with E-state index >= 15 is 0 Å². The highest BCUT2D eigenvalue weighted by molar-refractivity contribution is 5.81. The predicted molar refractivity (Wildman–Crippen MR) is 107 cm³/mol. The summed E-state index contributed by atoms with van der Waals surface area (Å²) >= 11 is 0. The Kier molecular flexibility index (Phi) is 3.67. The van der Waals surface area contributed by atoms with Gasteiger partial charge < -0.3 is 15.1 Å². The summed E-state index contributed by atoms with van der Waals surface area (Å²) in [5.74, 6) is -0.447. The van der Waals surface area contributed by atoms with Gasteiger partial charge in [0.2, 0.25) is 0 Å². The third-order valence-corrected chi connectivity index (χ3v) is 4.83. The largest absolute Gasteiger partial charge is 0.417 e. The van der Waals surface area contributed by atoms with Gasteiger partial charge in [0.05, 0.1) is 17.4 Å². The van der Waals surface area contributed by atoms with Crippen LogP contribution in [0.3, 0.4) is 0 Å². The SMILES string of the molecule is O=c1[nH]c2ccc(-c3cncc(Nc4ccc5c(c4)NCCC5)c3)cc2o1. The van der Waals surface area contributed by atoms with Crippen LogP contribution in [0.2, 0.25) is 0 Å². The Labute approximate surface area is 155 Å². The molecule has 2 aromatic heterocycles. The normalized spacial score (nSPS) is 13.2. The van der Waals surface area contributed by atoms with Crippen LogP contribution in [0.15, 0.2) is 64.1 Å². The minimum atomic E-state index is -0.447. The molecule has 0 saturated carbocycles. The first kappa shape index (κ1) is 15.7. The van der Waals surface area contributed by atoms with Crippen molar-refractivity contribution in [2.24, 2.45) is 0 Å². The van der Waals surface area contributed by atoms with Gasteiger partial charge in [0.15, 0.2) is 5.58 Å². The molecular formula is C21H18N4O2. The summed E-state index contributed by atoms with van der Waals surface area (Å²) in [5.41, 5.74) is 7.59. The summed E-state index contributed by atoms with van der Waals surface area (Å²) in [6, 6.07) is 14.1. The van der Waals surface area contributed by atoms with Crippen molar-refractivity contribution in [2.75, 3.05) is 17.2 Å². The van der Waals surface area contributed by atoms with Crippen molar-refractivity contribution in [1.82, 2.24) is 9.97 Å². The molecule has 0 saturated heterocycles. The van der Waals surface area contributed by atoms with Gasteiger partial charge in [-0.3, -0.25) is 9.97 Å². The molecule has 0 radical (unpaired) electrons. The number of pyridine rings is 1. The van der Waals surface area contributed by atoms with Crippen LogP contribution < -0.4 is 16.4 Å². The summed E-state index contributed by atoms with van der Waals surface area (Å²) in [6.07, 6.45) is 5.89. The fourth-order valence-corrected chi connectivity index (χ4v) is 3.50. The first-order valence-corrected chi connectivity index (χ1v) is 8.97. The molecule has 1 aliphatic rings. The average molecular weight is 358 g/mol. The first-order valence-electron chi connectivity index (χ1n) is 8.97. The molecule has 3 N–H and O–H groups in total. The van der Waals surface area contributed by atoms with E-state index in [0.717, 1.165) is 35.5 Å². The molecule has 0 unspecified atom stereocenters. The molecular weight excluding hydrogens is 340 g/mol. The number of benzene rings is 2. The number of fused-ring (bicyclic) bond motifs is 2. The van der Waals surface area contributed by atoms with Gasteiger partial charge in [0, 0.05) is 29.7 Å². The molecule has 0 fully saturated rings. The molecule has 6 heteroatoms. The van der Waals surface area contributed by atoms with Gasteiger partial charge in [-0.25, -0.2) is 4.79 Å². The van der Waals surface area contributed by atoms with Crippen LogP contribution in [-0.4, -0.2) is 16.5 Å². The number of aromatic amines is 1. The Hall–Kier alpha value is -3.54. The third-order valence-electron chi connectivity index (χ3n) is 4.83. The van der Waals surface area contributed by atoms with Gasteiger partial charge in [-0.15, -0.1) is 0 Å². The maximum atomic E-state index is 11.3. The molecule has 0 aliphatic carbocycles. The van der Waals surface area contributed by atoms with Crippen LogP contribution in [0.4, 0.5) is 17.1 Å². The Balaban J connectivity index is 1.45. The predicted octanol–water partition coefficient (Wildman–Crippen LogP) is 4.28. The van der Waals surface area contributed by atoms with Gasteiger partial charge in [-0.2, -0.15) is 0 Å². The molecule has 27 heavy (non-hydrogen) atoms. The fourth-order valence-electron chi connectivity index (χ4n) is 3.50. The maximum absolute atomic E-state index is 11.3. The van der Waals surface area contributed by atoms with E-state index in [0.29, 0.717) is 11.1 Å². The van der Waals surface area contributed by atoms with Crippen molar-refractivity contribution in [3.05, 3.63) is 71.0 Å². The molecule has 0 atom stereocenters. The Bertz CT molecular complexity index is 1190. The second-order valence-electron chi connectivity index (χ2n) is 6.72. The van der Waals surface area contributed by atoms with E-state index in [-0.39, 0.29) is 0 Å². The van der Waals surface area contributed by atoms with Gasteiger partial charge in [0.25, 0.3) is 0 Å². The Morgan fingerprint density at radius 2 is 1.96 bits per heavy atom. The second kappa shape index (κ2) is 6.32. The number of nitrogens with one attached hydrogen (secondary N) is 3. The third kappa shape index (κ3) is 3.06. The van der Waals surface area contributed by atoms with E-state index in [4.69, 9.17) is 4.42 Å². The lowest BCUT2D eigenvalue weighted by Gasteiger charge is -2.19. The van der Waals surface area contributed by atoms with E-state index in [2.05, 4.69) is 38.8 Å². The summed E-state index contributed by atoms with van der Waals surface area (Å²) in [6.45, 7) is 1.02. The van der Waals surface area contributed by atoms with Crippen molar-refractivity contribution in [1.29, 1.82) is 0 Å². The number of rotatable bonds is 3. The highest BCUT2D eigenvalue weighted by atomic mass is 16.4. The summed E-state index contributed by atoms with van der Waals surface area (Å²) in [5, 5.41) is 6.87. The van der Waals surface area contributed by atoms with Crippen molar-refractivity contribution in [3.8, 4) is 11.1 Å². The molecule has 0 bridgehead atoms. The fraction of sp³-hybridized carbons (Fsp3) is 0.143. The second-order valence-corrected chi connectivity index (χ2v) is 6.72. The molecule has 3 heterocycles. The Morgan fingerprint density at radius 1 is 1.00 bits per heavy atom. The van der Waals surface area contributed by atoms with Crippen molar-refractivity contribution in [2.45, 2.75) is 12.8 Å². The number of H-pyrrole nitrogens is 1. The van der Waals surface area contributed by atoms with E-state index in [9.17, 15) is 4.79 Å². The molecule has 0 amide bonds. The Morgan fingerprint density at radius 3 is 2.93 bits per heavy atom. The number of hydrogen-bond acceptors (Lipinski definition) is 5. The van der Waals surface area contributed by atoms with Crippen molar-refractivity contribution >= 4 is 28.2 Å². The molecule has 0 spiro atoms. The lowest BCUT2D eigenvalue weighted by molar-refractivity contribution is 0.555. The summed E-state index contributed by atoms with van der Waals surface area (Å²) < 4.78 is 5.15. The zero-order chi connectivity index (χ0) is 18.2. The van der Waals surface area contributed by atoms with Crippen LogP contribution >= 0.6 is 0 Å². The zero-order valence-electron chi connectivity index (χ0n) is 14.6. The van der Waals surface area contributed by atoms with Crippen LogP contribution in [0.25, 0.3) is 22.2 Å². The lowest BCUT2D eigenvalue weighted by Crippen LogP contribution is -2.11. The highest BCUT2D eigenvalue weighted by Crippen LogP contribution is 2.29. The average Bonchev–Trinajstić information content (AvgIpc) is 3.07. The standard InChI is InChI=1S/C21H18N4O2/c26-21-25-18-6-4-14(9-20(18)27-21)15-8-17(12-22-11-15)24-16-5-3-13-2-1-7-23-19(13)10-16/h3-6,8-12,23-24H,1-2,7H2,(H,25,26). The van der Waals surface area contributed by atoms with Gasteiger partial charge in [-0.1, -0.05) is 12.1 Å². The van der Waals surface area contributed by atoms with Gasteiger partial charge in [-0.05, 0) is 54.3 Å². The monoisotopic (exact) mass is 358 g/mol. The minimum Gasteiger partial charge on any atom is -0.408 e. The number of aryl methyl sites for hydroxylation is 1. The van der Waals surface area contributed by atoms with Crippen molar-refractivity contribution < 1.29 is 4.42 Å². The highest BCUT2D eigenvalue weighted by Gasteiger charge is 2.09. The topological polar surface area (TPSA) is 83.0 Å². The molecule has 2 aromatic carbocycles. The number of oxazole rings is 1. The van der Waals surface area contributed by atoms with Crippen LogP contribution in [-0.2, 0) is 6.42 Å². The molecule has 5 rings (SSSR count). The quantitative estimate of drug-likeness (QED) is 0.509. The number of nitrogens with zero attached hydrogens (tertiary/aromatic N) is 1. The molecule has 6 nitrogen and oxygen atoms in total. The number of aromatic nitrogens is 2. The van der Waals surface area contributed by atoms with Gasteiger partial charge >= 0.3 is 5.76 Å². The summed E-state index contributed by atoms with van der Waals surface area (Å²) in [7, 11) is 0. The van der Waals surface area contributed by atoms with Crippen molar-refractivity contribution in [3.63, 3.8) is 0 Å². The van der Waals surface area contributed by atoms with E-state index in [1.807, 2.05) is 24.3 Å². The zero-order valence-corrected chi connectivity index (χ0v) is 14.6. The van der Waals surface area contributed by atoms with Crippen LogP contribution in [0.1, 0.15) is 12.0 Å². The summed E-state index contributed by atoms with van der Waals surface area (Å²) in [4.78, 5) is 18.3. The van der Waals surface area contributed by atoms with E-state index in [1.165, 1.54) is 17.7 Å². The van der Waals surface area contributed by atoms with Crippen LogP contribution in [0, 0.1) is 0 Å². The molecule has 4 aromatic rings. The molecule has 1 aliphatic heterocycles. The van der Waals surface area contributed by atoms with Crippen LogP contribution in [0.5, 0.6) is 0 Å². The van der Waals surface area contributed by atoms with E-state index in [1.54, 1.807) is 12.4 Å².